The molecule has 80 valence electrons. The van der Waals surface area contributed by atoms with Crippen LogP contribution in [0.1, 0.15) is 29.8 Å². The van der Waals surface area contributed by atoms with Crippen LogP contribution in [0.3, 0.4) is 0 Å². The summed E-state index contributed by atoms with van der Waals surface area (Å²) >= 11 is 0. The summed E-state index contributed by atoms with van der Waals surface area (Å²) in [7, 11) is 0. The van der Waals surface area contributed by atoms with E-state index in [0.29, 0.717) is 12.2 Å². The van der Waals surface area contributed by atoms with Crippen LogP contribution in [-0.4, -0.2) is 21.8 Å². The molecular weight excluding hydrogens is 196 g/mol. The highest BCUT2D eigenvalue weighted by atomic mass is 16.5. The highest BCUT2D eigenvalue weighted by molar-refractivity contribution is 5.92. The van der Waals surface area contributed by atoms with E-state index in [4.69, 9.17) is 9.84 Å². The zero-order valence-corrected chi connectivity index (χ0v) is 8.57. The molecule has 0 aromatic heterocycles. The van der Waals surface area contributed by atoms with E-state index < -0.39 is 5.97 Å². The molecule has 0 fully saturated rings. The zero-order chi connectivity index (χ0) is 11.2. The van der Waals surface area contributed by atoms with E-state index in [1.54, 1.807) is 6.07 Å². The van der Waals surface area contributed by atoms with E-state index >= 15 is 0 Å². The third kappa shape index (κ3) is 1.52. The number of carboxylic acids is 1. The maximum atomic E-state index is 10.8. The number of benzene rings is 1. The number of hydrogen-bond donors (Lipinski definition) is 2. The molecule has 2 N–H and O–H groups in total. The Morgan fingerprint density at radius 1 is 1.47 bits per heavy atom. The minimum atomic E-state index is -1.15. The predicted molar refractivity (Wildman–Crippen MR) is 53.5 cm³/mol. The molecule has 4 nitrogen and oxygen atoms in total. The van der Waals surface area contributed by atoms with Crippen LogP contribution in [0.2, 0.25) is 0 Å². The third-order valence-electron chi connectivity index (χ3n) is 2.44. The number of fused-ring (bicyclic) bond motifs is 1. The maximum Gasteiger partial charge on any atom is 0.339 e. The average molecular weight is 208 g/mol. The summed E-state index contributed by atoms with van der Waals surface area (Å²) in [5.41, 5.74) is 0.352. The van der Waals surface area contributed by atoms with Crippen LogP contribution in [0.4, 0.5) is 0 Å². The molecular formula is C11H12O4. The molecule has 1 aromatic rings. The molecule has 0 amide bonds. The van der Waals surface area contributed by atoms with E-state index in [1.165, 1.54) is 6.07 Å². The monoisotopic (exact) mass is 208 g/mol. The van der Waals surface area contributed by atoms with E-state index in [2.05, 4.69) is 0 Å². The summed E-state index contributed by atoms with van der Waals surface area (Å²) < 4.78 is 5.50. The van der Waals surface area contributed by atoms with Crippen molar-refractivity contribution in [2.24, 2.45) is 0 Å². The van der Waals surface area contributed by atoms with Gasteiger partial charge in [0.2, 0.25) is 0 Å². The first-order chi connectivity index (χ1) is 6.91. The summed E-state index contributed by atoms with van der Waals surface area (Å²) in [6, 6.07) is 3.09. The minimum Gasteiger partial charge on any atom is -0.504 e. The topological polar surface area (TPSA) is 66.8 Å². The SMILES string of the molecule is CC1(C)Cc2ccc(C(=O)O)c(O)c2O1. The van der Waals surface area contributed by atoms with Gasteiger partial charge in [-0.15, -0.1) is 0 Å². The Kier molecular flexibility index (Phi) is 1.89. The fourth-order valence-corrected chi connectivity index (χ4v) is 1.81. The highest BCUT2D eigenvalue weighted by Gasteiger charge is 2.33. The molecule has 2 rings (SSSR count). The summed E-state index contributed by atoms with van der Waals surface area (Å²) in [6.45, 7) is 3.79. The van der Waals surface area contributed by atoms with Gasteiger partial charge in [0.25, 0.3) is 0 Å². The van der Waals surface area contributed by atoms with Crippen LogP contribution >= 0.6 is 0 Å². The van der Waals surface area contributed by atoms with Crippen molar-refractivity contribution in [2.75, 3.05) is 0 Å². The van der Waals surface area contributed by atoms with E-state index in [0.717, 1.165) is 5.56 Å². The van der Waals surface area contributed by atoms with E-state index in [1.807, 2.05) is 13.8 Å². The number of rotatable bonds is 1. The zero-order valence-electron chi connectivity index (χ0n) is 8.57. The molecule has 0 atom stereocenters. The van der Waals surface area contributed by atoms with Gasteiger partial charge in [0.05, 0.1) is 0 Å². The van der Waals surface area contributed by atoms with Gasteiger partial charge in [0.1, 0.15) is 11.2 Å². The van der Waals surface area contributed by atoms with Gasteiger partial charge in [0, 0.05) is 12.0 Å². The molecule has 0 aliphatic carbocycles. The molecule has 0 bridgehead atoms. The second-order valence-electron chi connectivity index (χ2n) is 4.29. The lowest BCUT2D eigenvalue weighted by Crippen LogP contribution is -2.24. The number of ether oxygens (including phenoxy) is 1. The van der Waals surface area contributed by atoms with Gasteiger partial charge in [-0.1, -0.05) is 6.07 Å². The molecule has 15 heavy (non-hydrogen) atoms. The Morgan fingerprint density at radius 2 is 2.13 bits per heavy atom. The summed E-state index contributed by atoms with van der Waals surface area (Å²) in [6.07, 6.45) is 0.676. The molecule has 1 aliphatic heterocycles. The fourth-order valence-electron chi connectivity index (χ4n) is 1.81. The molecule has 1 aromatic carbocycles. The molecule has 0 unspecified atom stereocenters. The molecule has 0 radical (unpaired) electrons. The normalized spacial score (nSPS) is 16.9. The molecule has 4 heteroatoms. The minimum absolute atomic E-state index is 0.119. The van der Waals surface area contributed by atoms with Crippen LogP contribution < -0.4 is 4.74 Å². The number of carboxylic acid groups (broad SMARTS) is 1. The van der Waals surface area contributed by atoms with Crippen LogP contribution in [-0.2, 0) is 6.42 Å². The van der Waals surface area contributed by atoms with Crippen LogP contribution in [0.5, 0.6) is 11.5 Å². The second kappa shape index (κ2) is 2.89. The van der Waals surface area contributed by atoms with Crippen molar-refractivity contribution in [2.45, 2.75) is 25.9 Å². The molecule has 1 heterocycles. The smallest absolute Gasteiger partial charge is 0.339 e. The first-order valence-corrected chi connectivity index (χ1v) is 4.68. The maximum absolute atomic E-state index is 10.8. The van der Waals surface area contributed by atoms with Crippen molar-refractivity contribution >= 4 is 5.97 Å². The average Bonchev–Trinajstić information content (AvgIpc) is 2.40. The third-order valence-corrected chi connectivity index (χ3v) is 2.44. The number of hydrogen-bond acceptors (Lipinski definition) is 3. The van der Waals surface area contributed by atoms with Crippen LogP contribution in [0.25, 0.3) is 0 Å². The first kappa shape index (κ1) is 9.83. The lowest BCUT2D eigenvalue weighted by Gasteiger charge is -2.17. The Balaban J connectivity index is 2.53. The quantitative estimate of drug-likeness (QED) is 0.738. The summed E-state index contributed by atoms with van der Waals surface area (Å²) in [5, 5.41) is 18.5. The summed E-state index contributed by atoms with van der Waals surface area (Å²) in [4.78, 5) is 10.8. The Bertz CT molecular complexity index is 434. The van der Waals surface area contributed by atoms with E-state index in [9.17, 15) is 9.90 Å². The van der Waals surface area contributed by atoms with Crippen LogP contribution in [0.15, 0.2) is 12.1 Å². The molecule has 0 spiro atoms. The van der Waals surface area contributed by atoms with Gasteiger partial charge in [-0.3, -0.25) is 0 Å². The van der Waals surface area contributed by atoms with E-state index in [-0.39, 0.29) is 16.9 Å². The van der Waals surface area contributed by atoms with Crippen molar-refractivity contribution in [3.8, 4) is 11.5 Å². The second-order valence-corrected chi connectivity index (χ2v) is 4.29. The fraction of sp³-hybridized carbons (Fsp3) is 0.364. The Hall–Kier alpha value is -1.71. The van der Waals surface area contributed by atoms with Gasteiger partial charge >= 0.3 is 5.97 Å². The summed E-state index contributed by atoms with van der Waals surface area (Å²) in [5.74, 6) is -1.12. The van der Waals surface area contributed by atoms with Crippen molar-refractivity contribution in [1.29, 1.82) is 0 Å². The number of carbonyl (C=O) groups is 1. The van der Waals surface area contributed by atoms with Crippen molar-refractivity contribution < 1.29 is 19.7 Å². The van der Waals surface area contributed by atoms with Gasteiger partial charge in [-0.25, -0.2) is 4.79 Å². The van der Waals surface area contributed by atoms with Gasteiger partial charge < -0.3 is 14.9 Å². The van der Waals surface area contributed by atoms with Crippen LogP contribution in [0, 0.1) is 0 Å². The van der Waals surface area contributed by atoms with Crippen molar-refractivity contribution in [3.05, 3.63) is 23.3 Å². The molecule has 0 saturated carbocycles. The van der Waals surface area contributed by atoms with Gasteiger partial charge in [-0.05, 0) is 19.9 Å². The van der Waals surface area contributed by atoms with Crippen molar-refractivity contribution in [3.63, 3.8) is 0 Å². The van der Waals surface area contributed by atoms with Crippen molar-refractivity contribution in [1.82, 2.24) is 0 Å². The largest absolute Gasteiger partial charge is 0.504 e. The number of aromatic carboxylic acids is 1. The lowest BCUT2D eigenvalue weighted by molar-refractivity contribution is 0.0691. The Morgan fingerprint density at radius 3 is 2.73 bits per heavy atom. The number of phenols is 1. The highest BCUT2D eigenvalue weighted by Crippen LogP contribution is 2.43. The standard InChI is InChI=1S/C11H12O4/c1-11(2)5-6-3-4-7(10(13)14)8(12)9(6)15-11/h3-4,12H,5H2,1-2H3,(H,13,14). The Labute approximate surface area is 87.1 Å². The lowest BCUT2D eigenvalue weighted by atomic mass is 10.0. The van der Waals surface area contributed by atoms with Gasteiger partial charge in [0.15, 0.2) is 11.5 Å². The molecule has 1 aliphatic rings. The predicted octanol–water partition coefficient (Wildman–Crippen LogP) is 1.80. The number of aromatic hydroxyl groups is 1. The molecule has 0 saturated heterocycles. The first-order valence-electron chi connectivity index (χ1n) is 4.68. The van der Waals surface area contributed by atoms with Gasteiger partial charge in [-0.2, -0.15) is 0 Å².